The Balaban J connectivity index is 1.69. The second kappa shape index (κ2) is 7.67. The molecule has 2 aromatic heterocycles. The lowest BCUT2D eigenvalue weighted by Crippen LogP contribution is -2.23. The first-order chi connectivity index (χ1) is 12.7. The molecule has 142 valence electrons. The highest BCUT2D eigenvalue weighted by Crippen LogP contribution is 2.25. The molecule has 0 saturated carbocycles. The largest absolute Gasteiger partial charge is 0.573 e. The molecule has 5 nitrogen and oxygen atoms in total. The van der Waals surface area contributed by atoms with Crippen molar-refractivity contribution >= 4 is 21.4 Å². The molecule has 0 aliphatic carbocycles. The molecule has 0 aliphatic heterocycles. The molecule has 0 radical (unpaired) electrons. The molecule has 0 spiro atoms. The molecule has 0 saturated heterocycles. The third-order valence-corrected chi connectivity index (χ3v) is 5.77. The smallest absolute Gasteiger partial charge is 0.406 e. The number of benzene rings is 1. The SMILES string of the molecule is O=S(=O)(NCc1cncc(-c2cccs2)c1)c1ccc(OC(F)(F)F)cc1. The minimum absolute atomic E-state index is 0.00461. The van der Waals surface area contributed by atoms with Gasteiger partial charge in [0.05, 0.1) is 4.90 Å². The highest BCUT2D eigenvalue weighted by molar-refractivity contribution is 7.89. The van der Waals surface area contributed by atoms with Gasteiger partial charge in [-0.3, -0.25) is 4.98 Å². The number of ether oxygens (including phenoxy) is 1. The van der Waals surface area contributed by atoms with Gasteiger partial charge in [0.1, 0.15) is 5.75 Å². The molecule has 0 bridgehead atoms. The molecule has 1 aromatic carbocycles. The maximum absolute atomic E-state index is 12.3. The van der Waals surface area contributed by atoms with E-state index in [4.69, 9.17) is 0 Å². The van der Waals surface area contributed by atoms with E-state index in [1.165, 1.54) is 11.3 Å². The summed E-state index contributed by atoms with van der Waals surface area (Å²) >= 11 is 1.54. The predicted molar refractivity (Wildman–Crippen MR) is 94.7 cm³/mol. The number of nitrogens with zero attached hydrogens (tertiary/aromatic N) is 1. The number of pyridine rings is 1. The second-order valence-corrected chi connectivity index (χ2v) is 8.12. The molecule has 0 atom stereocenters. The quantitative estimate of drug-likeness (QED) is 0.657. The minimum atomic E-state index is -4.83. The van der Waals surface area contributed by atoms with Crippen LogP contribution in [0.5, 0.6) is 5.75 Å². The molecule has 3 rings (SSSR count). The minimum Gasteiger partial charge on any atom is -0.406 e. The standard InChI is InChI=1S/C17H13F3N2O3S2/c18-17(19,20)25-14-3-5-15(6-4-14)27(23,24)22-10-12-8-13(11-21-9-12)16-2-1-7-26-16/h1-9,11,22H,10H2. The van der Waals surface area contributed by atoms with Crippen LogP contribution in [0.4, 0.5) is 13.2 Å². The van der Waals surface area contributed by atoms with Crippen LogP contribution >= 0.6 is 11.3 Å². The van der Waals surface area contributed by atoms with Gasteiger partial charge in [0.2, 0.25) is 10.0 Å². The van der Waals surface area contributed by atoms with Crippen molar-refractivity contribution in [2.24, 2.45) is 0 Å². The summed E-state index contributed by atoms with van der Waals surface area (Å²) < 4.78 is 67.3. The summed E-state index contributed by atoms with van der Waals surface area (Å²) in [6.07, 6.45) is -1.61. The van der Waals surface area contributed by atoms with Gasteiger partial charge in [-0.05, 0) is 47.3 Å². The zero-order valence-corrected chi connectivity index (χ0v) is 15.2. The Morgan fingerprint density at radius 1 is 1.11 bits per heavy atom. The summed E-state index contributed by atoms with van der Waals surface area (Å²) in [5, 5.41) is 1.93. The fraction of sp³-hybridized carbons (Fsp3) is 0.118. The van der Waals surface area contributed by atoms with Crippen LogP contribution in [0, 0.1) is 0 Å². The van der Waals surface area contributed by atoms with Crippen molar-refractivity contribution in [3.8, 4) is 16.2 Å². The van der Waals surface area contributed by atoms with E-state index in [0.717, 1.165) is 34.7 Å². The van der Waals surface area contributed by atoms with Crippen molar-refractivity contribution < 1.29 is 26.3 Å². The lowest BCUT2D eigenvalue weighted by molar-refractivity contribution is -0.274. The first-order valence-electron chi connectivity index (χ1n) is 7.56. The van der Waals surface area contributed by atoms with Gasteiger partial charge in [0.25, 0.3) is 0 Å². The summed E-state index contributed by atoms with van der Waals surface area (Å²) in [5.74, 6) is -0.491. The van der Waals surface area contributed by atoms with Crippen LogP contribution in [0.3, 0.4) is 0 Å². The van der Waals surface area contributed by atoms with E-state index in [0.29, 0.717) is 5.56 Å². The molecule has 0 fully saturated rings. The van der Waals surface area contributed by atoms with Gasteiger partial charge < -0.3 is 4.74 Å². The number of hydrogen-bond acceptors (Lipinski definition) is 5. The van der Waals surface area contributed by atoms with Crippen molar-refractivity contribution in [2.45, 2.75) is 17.8 Å². The normalized spacial score (nSPS) is 12.1. The van der Waals surface area contributed by atoms with Gasteiger partial charge in [0, 0.05) is 29.4 Å². The summed E-state index contributed by atoms with van der Waals surface area (Å²) in [7, 11) is -3.90. The Labute approximate surface area is 157 Å². The van der Waals surface area contributed by atoms with Crippen molar-refractivity contribution in [3.05, 3.63) is 65.8 Å². The number of thiophene rings is 1. The van der Waals surface area contributed by atoms with Crippen LogP contribution in [0.1, 0.15) is 5.56 Å². The average Bonchev–Trinajstić information content (AvgIpc) is 3.14. The number of alkyl halides is 3. The first-order valence-corrected chi connectivity index (χ1v) is 9.92. The molecule has 2 heterocycles. The van der Waals surface area contributed by atoms with Crippen molar-refractivity contribution in [2.75, 3.05) is 0 Å². The highest BCUT2D eigenvalue weighted by Gasteiger charge is 2.31. The Hall–Kier alpha value is -2.43. The summed E-state index contributed by atoms with van der Waals surface area (Å²) in [5.41, 5.74) is 1.52. The molecular formula is C17H13F3N2O3S2. The van der Waals surface area contributed by atoms with Gasteiger partial charge in [-0.25, -0.2) is 13.1 Å². The van der Waals surface area contributed by atoms with Gasteiger partial charge in [-0.15, -0.1) is 24.5 Å². The third kappa shape index (κ3) is 5.28. The summed E-state index contributed by atoms with van der Waals surface area (Å²) in [6.45, 7) is -0.00461. The molecule has 10 heteroatoms. The molecule has 0 unspecified atom stereocenters. The van der Waals surface area contributed by atoms with Gasteiger partial charge in [0.15, 0.2) is 0 Å². The molecule has 27 heavy (non-hydrogen) atoms. The molecule has 3 aromatic rings. The lowest BCUT2D eigenvalue weighted by Gasteiger charge is -2.10. The van der Waals surface area contributed by atoms with Gasteiger partial charge in [-0.1, -0.05) is 6.07 Å². The first kappa shape index (κ1) is 19.3. The molecule has 1 N–H and O–H groups in total. The Kier molecular flexibility index (Phi) is 5.49. The molecule has 0 aliphatic rings. The van der Waals surface area contributed by atoms with Crippen LogP contribution in [-0.4, -0.2) is 19.8 Å². The van der Waals surface area contributed by atoms with Crippen LogP contribution in [0.15, 0.2) is 65.1 Å². The molecular weight excluding hydrogens is 401 g/mol. The van der Waals surface area contributed by atoms with Crippen molar-refractivity contribution in [3.63, 3.8) is 0 Å². The maximum atomic E-state index is 12.3. The van der Waals surface area contributed by atoms with Crippen LogP contribution in [-0.2, 0) is 16.6 Å². The average molecular weight is 414 g/mol. The number of nitrogens with one attached hydrogen (secondary N) is 1. The zero-order valence-electron chi connectivity index (χ0n) is 13.6. The van der Waals surface area contributed by atoms with Gasteiger partial charge in [-0.2, -0.15) is 0 Å². The van der Waals surface area contributed by atoms with E-state index in [-0.39, 0.29) is 11.4 Å². The van der Waals surface area contributed by atoms with Crippen LogP contribution in [0.2, 0.25) is 0 Å². The Morgan fingerprint density at radius 3 is 2.48 bits per heavy atom. The van der Waals surface area contributed by atoms with E-state index in [1.807, 2.05) is 23.6 Å². The number of hydrogen-bond donors (Lipinski definition) is 1. The fourth-order valence-corrected chi connectivity index (χ4v) is 3.97. The van der Waals surface area contributed by atoms with E-state index >= 15 is 0 Å². The summed E-state index contributed by atoms with van der Waals surface area (Å²) in [4.78, 5) is 4.95. The summed E-state index contributed by atoms with van der Waals surface area (Å²) in [6, 6.07) is 9.64. The fourth-order valence-electron chi connectivity index (χ4n) is 2.24. The lowest BCUT2D eigenvalue weighted by atomic mass is 10.2. The van der Waals surface area contributed by atoms with E-state index < -0.39 is 22.1 Å². The monoisotopic (exact) mass is 414 g/mol. The third-order valence-electron chi connectivity index (χ3n) is 3.43. The van der Waals surface area contributed by atoms with E-state index in [9.17, 15) is 21.6 Å². The number of sulfonamides is 1. The predicted octanol–water partition coefficient (Wildman–Crippen LogP) is 4.19. The van der Waals surface area contributed by atoms with Crippen molar-refractivity contribution in [1.29, 1.82) is 0 Å². The van der Waals surface area contributed by atoms with Gasteiger partial charge >= 0.3 is 6.36 Å². The number of rotatable bonds is 6. The van der Waals surface area contributed by atoms with E-state index in [1.54, 1.807) is 12.4 Å². The van der Waals surface area contributed by atoms with Crippen LogP contribution < -0.4 is 9.46 Å². The Morgan fingerprint density at radius 2 is 1.85 bits per heavy atom. The topological polar surface area (TPSA) is 68.3 Å². The van der Waals surface area contributed by atoms with E-state index in [2.05, 4.69) is 14.4 Å². The number of aromatic nitrogens is 1. The highest BCUT2D eigenvalue weighted by atomic mass is 32.2. The Bertz CT molecular complexity index is 1000. The second-order valence-electron chi connectivity index (χ2n) is 5.40. The number of halogens is 3. The van der Waals surface area contributed by atoms with Crippen molar-refractivity contribution in [1.82, 2.24) is 9.71 Å². The zero-order chi connectivity index (χ0) is 19.5. The molecule has 0 amide bonds. The maximum Gasteiger partial charge on any atom is 0.573 e. The van der Waals surface area contributed by atoms with Crippen LogP contribution in [0.25, 0.3) is 10.4 Å².